The van der Waals surface area contributed by atoms with E-state index in [1.54, 1.807) is 26.0 Å². The molecule has 2 N–H and O–H groups in total. The molecule has 0 aliphatic rings. The summed E-state index contributed by atoms with van der Waals surface area (Å²) >= 11 is 0. The van der Waals surface area contributed by atoms with Crippen LogP contribution in [0, 0.1) is 0 Å². The molecule has 0 heterocycles. The quantitative estimate of drug-likeness (QED) is 0.552. The van der Waals surface area contributed by atoms with Gasteiger partial charge >= 0.3 is 0 Å². The van der Waals surface area contributed by atoms with E-state index in [-0.39, 0.29) is 6.10 Å². The maximum Gasteiger partial charge on any atom is 0.0692 e. The second-order valence-electron chi connectivity index (χ2n) is 2.25. The van der Waals surface area contributed by atoms with Crippen LogP contribution < -0.4 is 0 Å². The maximum atomic E-state index is 8.73. The fourth-order valence-electron chi connectivity index (χ4n) is 0.472. The molecule has 0 radical (unpaired) electrons. The monoisotopic (exact) mass is 130 g/mol. The highest BCUT2D eigenvalue weighted by atomic mass is 16.3. The Hall–Kier alpha value is -0.340. The van der Waals surface area contributed by atoms with Crippen molar-refractivity contribution in [3.63, 3.8) is 0 Å². The minimum Gasteiger partial charge on any atom is -0.393 e. The first-order valence-electron chi connectivity index (χ1n) is 3.15. The Morgan fingerprint density at radius 1 is 1.33 bits per heavy atom. The molecule has 9 heavy (non-hydrogen) atoms. The van der Waals surface area contributed by atoms with Crippen molar-refractivity contribution in [1.82, 2.24) is 0 Å². The predicted octanol–water partition coefficient (Wildman–Crippen LogP) is 0.694. The Morgan fingerprint density at radius 2 is 1.89 bits per heavy atom. The Kier molecular flexibility index (Phi) is 4.36. The van der Waals surface area contributed by atoms with E-state index < -0.39 is 6.10 Å². The fraction of sp³-hybridized carbons (Fsp3) is 0.714. The summed E-state index contributed by atoms with van der Waals surface area (Å²) < 4.78 is 0. The number of hydrogen-bond donors (Lipinski definition) is 2. The first kappa shape index (κ1) is 8.66. The lowest BCUT2D eigenvalue weighted by atomic mass is 10.2. The molecule has 0 unspecified atom stereocenters. The van der Waals surface area contributed by atoms with Crippen LogP contribution in [0.1, 0.15) is 20.3 Å². The smallest absolute Gasteiger partial charge is 0.0692 e. The first-order chi connectivity index (χ1) is 4.13. The van der Waals surface area contributed by atoms with Gasteiger partial charge in [-0.2, -0.15) is 0 Å². The van der Waals surface area contributed by atoms with E-state index in [4.69, 9.17) is 10.2 Å². The Labute approximate surface area is 55.8 Å². The van der Waals surface area contributed by atoms with Crippen molar-refractivity contribution in [3.05, 3.63) is 12.2 Å². The molecule has 0 bridgehead atoms. The molecule has 0 aliphatic heterocycles. The number of hydrogen-bond acceptors (Lipinski definition) is 2. The third-order valence-corrected chi connectivity index (χ3v) is 0.892. The van der Waals surface area contributed by atoms with E-state index in [0.29, 0.717) is 6.42 Å². The topological polar surface area (TPSA) is 40.5 Å². The molecule has 0 aromatic rings. The lowest BCUT2D eigenvalue weighted by Crippen LogP contribution is -1.97. The second-order valence-corrected chi connectivity index (χ2v) is 2.25. The molecule has 2 heteroatoms. The van der Waals surface area contributed by atoms with Crippen LogP contribution in [-0.4, -0.2) is 22.4 Å². The largest absolute Gasteiger partial charge is 0.393 e. The zero-order valence-electron chi connectivity index (χ0n) is 5.91. The highest BCUT2D eigenvalue weighted by Crippen LogP contribution is 1.92. The number of aliphatic hydroxyl groups is 2. The molecule has 0 rings (SSSR count). The maximum absolute atomic E-state index is 8.73. The molecule has 0 aliphatic carbocycles. The van der Waals surface area contributed by atoms with Gasteiger partial charge in [0.15, 0.2) is 0 Å². The van der Waals surface area contributed by atoms with Crippen LogP contribution in [0.25, 0.3) is 0 Å². The van der Waals surface area contributed by atoms with E-state index in [2.05, 4.69) is 0 Å². The highest BCUT2D eigenvalue weighted by Gasteiger charge is 1.89. The van der Waals surface area contributed by atoms with Crippen LogP contribution in [0.5, 0.6) is 0 Å². The zero-order chi connectivity index (χ0) is 7.28. The number of rotatable bonds is 3. The van der Waals surface area contributed by atoms with Crippen molar-refractivity contribution < 1.29 is 10.2 Å². The van der Waals surface area contributed by atoms with E-state index in [0.717, 1.165) is 0 Å². The minimum absolute atomic E-state index is 0.306. The summed E-state index contributed by atoms with van der Waals surface area (Å²) in [6.07, 6.45) is 3.34. The normalized spacial score (nSPS) is 18.2. The SMILES string of the molecule is C[C@H](O)/C=C/C[C@@H](C)O. The van der Waals surface area contributed by atoms with Gasteiger partial charge in [0.1, 0.15) is 0 Å². The van der Waals surface area contributed by atoms with E-state index in [1.807, 2.05) is 0 Å². The molecular formula is C7H14O2. The minimum atomic E-state index is -0.399. The summed E-state index contributed by atoms with van der Waals surface area (Å²) in [5.41, 5.74) is 0. The first-order valence-corrected chi connectivity index (χ1v) is 3.15. The molecule has 54 valence electrons. The summed E-state index contributed by atoms with van der Waals surface area (Å²) in [6, 6.07) is 0. The molecule has 2 atom stereocenters. The molecule has 0 aromatic heterocycles. The summed E-state index contributed by atoms with van der Waals surface area (Å²) in [6.45, 7) is 3.39. The molecule has 0 spiro atoms. The van der Waals surface area contributed by atoms with Crippen molar-refractivity contribution in [2.45, 2.75) is 32.5 Å². The molecule has 2 nitrogen and oxygen atoms in total. The average molecular weight is 130 g/mol. The van der Waals surface area contributed by atoms with Crippen molar-refractivity contribution >= 4 is 0 Å². The lowest BCUT2D eigenvalue weighted by Gasteiger charge is -1.97. The molecule has 0 fully saturated rings. The average Bonchev–Trinajstić information content (AvgIpc) is 1.63. The van der Waals surface area contributed by atoms with Gasteiger partial charge in [-0.3, -0.25) is 0 Å². The van der Waals surface area contributed by atoms with Crippen LogP contribution in [0.3, 0.4) is 0 Å². The standard InChI is InChI=1S/C7H14O2/c1-6(8)4-3-5-7(2)9/h3-4,6-9H,5H2,1-2H3/b4-3+/t6-,7+/m0/s1. The van der Waals surface area contributed by atoms with Crippen LogP contribution in [-0.2, 0) is 0 Å². The molecule has 0 amide bonds. The van der Waals surface area contributed by atoms with Crippen molar-refractivity contribution in [2.24, 2.45) is 0 Å². The van der Waals surface area contributed by atoms with Gasteiger partial charge in [0.25, 0.3) is 0 Å². The Bertz CT molecular complexity index is 84.9. The second kappa shape index (κ2) is 4.53. The van der Waals surface area contributed by atoms with E-state index in [1.165, 1.54) is 0 Å². The van der Waals surface area contributed by atoms with Crippen LogP contribution in [0.15, 0.2) is 12.2 Å². The van der Waals surface area contributed by atoms with Gasteiger partial charge in [0.05, 0.1) is 12.2 Å². The van der Waals surface area contributed by atoms with Gasteiger partial charge in [-0.15, -0.1) is 0 Å². The van der Waals surface area contributed by atoms with Gasteiger partial charge in [0, 0.05) is 0 Å². The van der Waals surface area contributed by atoms with Crippen LogP contribution in [0.2, 0.25) is 0 Å². The lowest BCUT2D eigenvalue weighted by molar-refractivity contribution is 0.197. The highest BCUT2D eigenvalue weighted by molar-refractivity contribution is 4.87. The van der Waals surface area contributed by atoms with Crippen molar-refractivity contribution in [3.8, 4) is 0 Å². The Morgan fingerprint density at radius 3 is 2.22 bits per heavy atom. The third kappa shape index (κ3) is 7.66. The van der Waals surface area contributed by atoms with E-state index in [9.17, 15) is 0 Å². The van der Waals surface area contributed by atoms with Crippen molar-refractivity contribution in [1.29, 1.82) is 0 Å². The molecule has 0 saturated carbocycles. The fourth-order valence-corrected chi connectivity index (χ4v) is 0.472. The summed E-state index contributed by atoms with van der Waals surface area (Å²) in [5, 5.41) is 17.4. The van der Waals surface area contributed by atoms with Gasteiger partial charge in [0.2, 0.25) is 0 Å². The van der Waals surface area contributed by atoms with Gasteiger partial charge in [-0.1, -0.05) is 12.2 Å². The Balaban J connectivity index is 3.25. The van der Waals surface area contributed by atoms with Crippen LogP contribution >= 0.6 is 0 Å². The van der Waals surface area contributed by atoms with Crippen LogP contribution in [0.4, 0.5) is 0 Å². The van der Waals surface area contributed by atoms with Gasteiger partial charge < -0.3 is 10.2 Å². The summed E-state index contributed by atoms with van der Waals surface area (Å²) in [7, 11) is 0. The van der Waals surface area contributed by atoms with Gasteiger partial charge in [-0.05, 0) is 20.3 Å². The molecule has 0 aromatic carbocycles. The van der Waals surface area contributed by atoms with Crippen molar-refractivity contribution in [2.75, 3.05) is 0 Å². The summed E-state index contributed by atoms with van der Waals surface area (Å²) in [5.74, 6) is 0. The number of aliphatic hydroxyl groups excluding tert-OH is 2. The predicted molar refractivity (Wildman–Crippen MR) is 37.1 cm³/mol. The zero-order valence-corrected chi connectivity index (χ0v) is 5.91. The molecule has 0 saturated heterocycles. The van der Waals surface area contributed by atoms with Gasteiger partial charge in [-0.25, -0.2) is 0 Å². The third-order valence-electron chi connectivity index (χ3n) is 0.892. The molecular weight excluding hydrogens is 116 g/mol. The summed E-state index contributed by atoms with van der Waals surface area (Å²) in [4.78, 5) is 0. The van der Waals surface area contributed by atoms with E-state index >= 15 is 0 Å².